The Morgan fingerprint density at radius 3 is 2.31 bits per heavy atom. The fraction of sp³-hybridized carbons (Fsp3) is 0.742. The normalized spacial score (nSPS) is 23.5. The summed E-state index contributed by atoms with van der Waals surface area (Å²) in [6.07, 6.45) is 16.7. The predicted molar refractivity (Wildman–Crippen MR) is 148 cm³/mol. The molecule has 1 aliphatic heterocycles. The number of unbranched alkanes of at least 4 members (excludes halogenated alkanes) is 5. The number of fused-ring (bicyclic) bond motifs is 3. The summed E-state index contributed by atoms with van der Waals surface area (Å²) in [4.78, 5) is 0. The minimum absolute atomic E-state index is 0.0310. The molecule has 3 rings (SSSR count). The molecule has 1 saturated carbocycles. The van der Waals surface area contributed by atoms with E-state index in [0.29, 0.717) is 6.42 Å². The Kier molecular flexibility index (Phi) is 14.6. The number of hydrogen-bond donors (Lipinski definition) is 3. The number of nitrogens with one attached hydrogen (secondary N) is 1. The summed E-state index contributed by atoms with van der Waals surface area (Å²) in [6, 6.07) is 6.46. The lowest BCUT2D eigenvalue weighted by atomic mass is 9.86. The largest absolute Gasteiger partial charge is 0.489 e. The summed E-state index contributed by atoms with van der Waals surface area (Å²) in [5, 5.41) is 24.1. The van der Waals surface area contributed by atoms with E-state index < -0.39 is 12.2 Å². The van der Waals surface area contributed by atoms with Crippen LogP contribution in [0.25, 0.3) is 0 Å². The third kappa shape index (κ3) is 9.55. The van der Waals surface area contributed by atoms with Crippen molar-refractivity contribution in [2.75, 3.05) is 13.1 Å². The molecule has 0 radical (unpaired) electrons. The second-order valence-corrected chi connectivity index (χ2v) is 10.4. The molecular formula is C31H53NO3. The molecule has 0 saturated heterocycles. The van der Waals surface area contributed by atoms with Crippen molar-refractivity contribution in [3.63, 3.8) is 0 Å². The fourth-order valence-electron chi connectivity index (χ4n) is 5.22. The van der Waals surface area contributed by atoms with E-state index in [0.717, 1.165) is 37.9 Å². The molecule has 1 heterocycles. The molecule has 0 unspecified atom stereocenters. The number of ether oxygens (including phenoxy) is 1. The summed E-state index contributed by atoms with van der Waals surface area (Å²) in [6.45, 7) is 11.2. The Morgan fingerprint density at radius 2 is 1.66 bits per heavy atom. The minimum Gasteiger partial charge on any atom is -0.489 e. The van der Waals surface area contributed by atoms with Crippen LogP contribution in [0.1, 0.15) is 115 Å². The number of aliphatic hydroxyl groups is 2. The van der Waals surface area contributed by atoms with Crippen LogP contribution in [0.5, 0.6) is 5.75 Å². The van der Waals surface area contributed by atoms with Crippen LogP contribution in [-0.2, 0) is 6.42 Å². The summed E-state index contributed by atoms with van der Waals surface area (Å²) < 4.78 is 6.29. The molecule has 1 fully saturated rings. The lowest BCUT2D eigenvalue weighted by Crippen LogP contribution is -2.17. The van der Waals surface area contributed by atoms with E-state index in [1.54, 1.807) is 0 Å². The van der Waals surface area contributed by atoms with Crippen LogP contribution in [0.2, 0.25) is 0 Å². The fourth-order valence-corrected chi connectivity index (χ4v) is 5.22. The zero-order valence-corrected chi connectivity index (χ0v) is 23.0. The van der Waals surface area contributed by atoms with Gasteiger partial charge in [0.05, 0.1) is 12.2 Å². The first-order valence-corrected chi connectivity index (χ1v) is 14.6. The Bertz CT molecular complexity index is 713. The molecule has 4 heteroatoms. The van der Waals surface area contributed by atoms with Gasteiger partial charge in [-0.3, -0.25) is 0 Å². The van der Waals surface area contributed by atoms with E-state index >= 15 is 0 Å². The first kappa shape index (κ1) is 29.9. The van der Waals surface area contributed by atoms with Crippen LogP contribution in [0, 0.1) is 5.92 Å². The maximum absolute atomic E-state index is 10.5. The Labute approximate surface area is 215 Å². The topological polar surface area (TPSA) is 61.7 Å². The highest BCUT2D eigenvalue weighted by molar-refractivity contribution is 5.49. The second-order valence-electron chi connectivity index (χ2n) is 10.4. The summed E-state index contributed by atoms with van der Waals surface area (Å²) in [7, 11) is 0. The highest BCUT2D eigenvalue weighted by Gasteiger charge is 2.48. The smallest absolute Gasteiger partial charge is 0.126 e. The Morgan fingerprint density at radius 1 is 0.971 bits per heavy atom. The van der Waals surface area contributed by atoms with E-state index in [9.17, 15) is 10.2 Å². The van der Waals surface area contributed by atoms with E-state index in [1.807, 2.05) is 12.2 Å². The quantitative estimate of drug-likeness (QED) is 0.185. The lowest BCUT2D eigenvalue weighted by Gasteiger charge is -2.18. The number of benzene rings is 1. The standard InChI is InChI=1S/C23H34O3.C8H19N/c1-3-5-7-11-17(24)13-14-18-20(25)15-21-22(18)19-12-8-10-16(9-6-4-2)23(19)26-21;1-3-5-7-9-8-6-4-2/h8,10,12-14,17-18,20-22,24-25H,3-7,9,11,15H2,1-2H3;9H,3-8H2,1-2H3/t17-,18-,20+,21-,22-;/m0./s1. The first-order valence-electron chi connectivity index (χ1n) is 14.6. The molecule has 1 aromatic carbocycles. The molecule has 2 aliphatic rings. The molecule has 0 aromatic heterocycles. The Hall–Kier alpha value is -1.36. The summed E-state index contributed by atoms with van der Waals surface area (Å²) in [5.74, 6) is 1.30. The molecule has 35 heavy (non-hydrogen) atoms. The van der Waals surface area contributed by atoms with Crippen LogP contribution in [0.3, 0.4) is 0 Å². The zero-order chi connectivity index (χ0) is 25.5. The van der Waals surface area contributed by atoms with Gasteiger partial charge in [-0.15, -0.1) is 0 Å². The third-order valence-corrected chi connectivity index (χ3v) is 7.36. The van der Waals surface area contributed by atoms with Crippen molar-refractivity contribution in [2.24, 2.45) is 5.92 Å². The third-order valence-electron chi connectivity index (χ3n) is 7.36. The van der Waals surface area contributed by atoms with E-state index in [1.165, 1.54) is 62.7 Å². The van der Waals surface area contributed by atoms with Crippen molar-refractivity contribution in [1.82, 2.24) is 5.32 Å². The van der Waals surface area contributed by atoms with Crippen molar-refractivity contribution in [1.29, 1.82) is 0 Å². The number of para-hydroxylation sites is 1. The number of rotatable bonds is 15. The van der Waals surface area contributed by atoms with Gasteiger partial charge < -0.3 is 20.3 Å². The van der Waals surface area contributed by atoms with Crippen molar-refractivity contribution < 1.29 is 14.9 Å². The molecule has 200 valence electrons. The lowest BCUT2D eigenvalue weighted by molar-refractivity contribution is 0.135. The van der Waals surface area contributed by atoms with Crippen LogP contribution in [-0.4, -0.2) is 41.6 Å². The maximum atomic E-state index is 10.5. The van der Waals surface area contributed by atoms with Gasteiger partial charge in [-0.1, -0.05) is 96.6 Å². The zero-order valence-electron chi connectivity index (χ0n) is 23.0. The van der Waals surface area contributed by atoms with Crippen LogP contribution in [0.4, 0.5) is 0 Å². The number of aryl methyl sites for hydroxylation is 1. The molecule has 5 atom stereocenters. The van der Waals surface area contributed by atoms with Gasteiger partial charge in [-0.2, -0.15) is 0 Å². The molecule has 1 aliphatic carbocycles. The van der Waals surface area contributed by atoms with Crippen LogP contribution in [0.15, 0.2) is 30.4 Å². The van der Waals surface area contributed by atoms with Gasteiger partial charge in [0.1, 0.15) is 11.9 Å². The predicted octanol–water partition coefficient (Wildman–Crippen LogP) is 6.93. The van der Waals surface area contributed by atoms with Gasteiger partial charge >= 0.3 is 0 Å². The molecule has 0 amide bonds. The van der Waals surface area contributed by atoms with Crippen molar-refractivity contribution in [2.45, 2.75) is 129 Å². The molecule has 0 bridgehead atoms. The second kappa shape index (κ2) is 17.2. The van der Waals surface area contributed by atoms with Gasteiger partial charge in [0.2, 0.25) is 0 Å². The first-order chi connectivity index (χ1) is 17.1. The molecule has 1 aromatic rings. The highest BCUT2D eigenvalue weighted by Crippen LogP contribution is 2.52. The number of hydrogen-bond acceptors (Lipinski definition) is 4. The monoisotopic (exact) mass is 487 g/mol. The van der Waals surface area contributed by atoms with E-state index in [4.69, 9.17) is 4.74 Å². The van der Waals surface area contributed by atoms with Crippen molar-refractivity contribution in [3.05, 3.63) is 41.5 Å². The molecule has 0 spiro atoms. The van der Waals surface area contributed by atoms with Gasteiger partial charge in [-0.25, -0.2) is 0 Å². The minimum atomic E-state index is -0.412. The van der Waals surface area contributed by atoms with Crippen LogP contribution < -0.4 is 10.1 Å². The molecule has 4 nitrogen and oxygen atoms in total. The molecule has 3 N–H and O–H groups in total. The van der Waals surface area contributed by atoms with Gasteiger partial charge in [0.25, 0.3) is 0 Å². The average Bonchev–Trinajstić information content (AvgIpc) is 3.36. The SMILES string of the molecule is CCCCC[C@H](O)C=C[C@@H]1[C@H]2c3cccc(CCCC)c3O[C@H]2C[C@H]1O.CCCCNCCCC. The average molecular weight is 488 g/mol. The Balaban J connectivity index is 0.000000410. The van der Waals surface area contributed by atoms with E-state index in [2.05, 4.69) is 51.2 Å². The maximum Gasteiger partial charge on any atom is 0.126 e. The van der Waals surface area contributed by atoms with Crippen LogP contribution >= 0.6 is 0 Å². The highest BCUT2D eigenvalue weighted by atomic mass is 16.5. The molecular weight excluding hydrogens is 434 g/mol. The summed E-state index contributed by atoms with van der Waals surface area (Å²) in [5.41, 5.74) is 2.55. The van der Waals surface area contributed by atoms with E-state index in [-0.39, 0.29) is 17.9 Å². The van der Waals surface area contributed by atoms with Gasteiger partial charge in [0.15, 0.2) is 0 Å². The van der Waals surface area contributed by atoms with Crippen molar-refractivity contribution >= 4 is 0 Å². The van der Waals surface area contributed by atoms with Gasteiger partial charge in [0, 0.05) is 23.8 Å². The van der Waals surface area contributed by atoms with Gasteiger partial charge in [-0.05, 0) is 50.8 Å². The van der Waals surface area contributed by atoms with Crippen molar-refractivity contribution in [3.8, 4) is 5.75 Å². The summed E-state index contributed by atoms with van der Waals surface area (Å²) >= 11 is 0. The number of aliphatic hydroxyl groups excluding tert-OH is 2.